The van der Waals surface area contributed by atoms with Crippen molar-refractivity contribution in [3.05, 3.63) is 48.6 Å². The summed E-state index contributed by atoms with van der Waals surface area (Å²) < 4.78 is 0. The van der Waals surface area contributed by atoms with E-state index in [1.807, 2.05) is 0 Å². The molecule has 2 aliphatic rings. The summed E-state index contributed by atoms with van der Waals surface area (Å²) in [6, 6.07) is 0. The van der Waals surface area contributed by atoms with Crippen molar-refractivity contribution >= 4 is 45.5 Å². The molecule has 2 aliphatic carbocycles. The molecule has 0 amide bonds. The molecule has 0 fully saturated rings. The second-order valence-electron chi connectivity index (χ2n) is 2.18. The minimum atomic E-state index is 0. The monoisotopic (exact) mass is 222 g/mol. The topological polar surface area (TPSA) is 0 Å². The Bertz CT molecular complexity index is 151. The van der Waals surface area contributed by atoms with Crippen LogP contribution in [-0.4, -0.2) is 45.5 Å². The Balaban J connectivity index is -0.000000125. The van der Waals surface area contributed by atoms with Crippen LogP contribution in [-0.2, 0) is 0 Å². The minimum Gasteiger partial charge on any atom is -1.00 e. The predicted molar refractivity (Wildman–Crippen MR) is 53.8 cm³/mol. The Morgan fingerprint density at radius 3 is 1.00 bits per heavy atom. The molecule has 0 saturated heterocycles. The van der Waals surface area contributed by atoms with E-state index in [1.54, 1.807) is 0 Å². The maximum Gasteiger partial charge on any atom is 2.00 e. The van der Waals surface area contributed by atoms with E-state index in [0.717, 1.165) is 12.8 Å². The van der Waals surface area contributed by atoms with E-state index in [9.17, 15) is 0 Å². The van der Waals surface area contributed by atoms with Crippen LogP contribution in [0.25, 0.3) is 0 Å². The molecule has 0 aromatic heterocycles. The average Bonchev–Trinajstić information content (AvgIpc) is 2.67. The standard InChI is InChI=1S/2C5H6.Sr.2H/c2*1-2-4-5-3-1;;;/h2*1-4H,5H2;;;/q;;+2;2*-1. The van der Waals surface area contributed by atoms with Crippen molar-refractivity contribution in [2.45, 2.75) is 12.8 Å². The van der Waals surface area contributed by atoms with Crippen LogP contribution < -0.4 is 0 Å². The predicted octanol–water partition coefficient (Wildman–Crippen LogP) is 2.85. The molecule has 0 spiro atoms. The molecule has 0 aromatic carbocycles. The third-order valence-electron chi connectivity index (χ3n) is 1.31. The van der Waals surface area contributed by atoms with Gasteiger partial charge in [-0.15, -0.1) is 0 Å². The van der Waals surface area contributed by atoms with Gasteiger partial charge in [0.25, 0.3) is 0 Å². The van der Waals surface area contributed by atoms with Crippen LogP contribution in [0.4, 0.5) is 0 Å². The van der Waals surface area contributed by atoms with E-state index in [-0.39, 0.29) is 48.3 Å². The smallest absolute Gasteiger partial charge is 1.00 e. The summed E-state index contributed by atoms with van der Waals surface area (Å²) in [5, 5.41) is 0. The maximum atomic E-state index is 2.12. The zero-order chi connectivity index (χ0) is 7.07. The first kappa shape index (κ1) is 11.4. The van der Waals surface area contributed by atoms with Crippen molar-refractivity contribution in [2.75, 3.05) is 0 Å². The molecule has 0 saturated carbocycles. The average molecular weight is 222 g/mol. The van der Waals surface area contributed by atoms with Gasteiger partial charge in [-0.3, -0.25) is 0 Å². The summed E-state index contributed by atoms with van der Waals surface area (Å²) in [5.41, 5.74) is 0. The van der Waals surface area contributed by atoms with Gasteiger partial charge in [-0.25, -0.2) is 0 Å². The van der Waals surface area contributed by atoms with Gasteiger partial charge in [0.1, 0.15) is 0 Å². The van der Waals surface area contributed by atoms with E-state index < -0.39 is 0 Å². The fourth-order valence-corrected chi connectivity index (χ4v) is 0.786. The zero-order valence-corrected chi connectivity index (χ0v) is 10.2. The SMILES string of the molecule is C1=CCC=C1.C1=CCC=C1.[H-].[H-].[Sr+2]. The van der Waals surface area contributed by atoms with E-state index in [0.29, 0.717) is 0 Å². The molecule has 0 aliphatic heterocycles. The van der Waals surface area contributed by atoms with Crippen molar-refractivity contribution in [3.63, 3.8) is 0 Å². The van der Waals surface area contributed by atoms with Crippen molar-refractivity contribution in [3.8, 4) is 0 Å². The number of rotatable bonds is 0. The maximum absolute atomic E-state index is 2.12. The Labute approximate surface area is 109 Å². The second-order valence-corrected chi connectivity index (χ2v) is 2.18. The van der Waals surface area contributed by atoms with Crippen LogP contribution in [0.3, 0.4) is 0 Å². The zero-order valence-electron chi connectivity index (χ0n) is 8.74. The second kappa shape index (κ2) is 8.54. The molecular formula is C10H14Sr. The van der Waals surface area contributed by atoms with Crippen LogP contribution in [0.2, 0.25) is 0 Å². The number of hydrogen-bond donors (Lipinski definition) is 0. The first-order valence-corrected chi connectivity index (χ1v) is 3.63. The van der Waals surface area contributed by atoms with Gasteiger partial charge in [-0.1, -0.05) is 48.6 Å². The van der Waals surface area contributed by atoms with Gasteiger partial charge < -0.3 is 2.85 Å². The van der Waals surface area contributed by atoms with Gasteiger partial charge in [-0.2, -0.15) is 0 Å². The van der Waals surface area contributed by atoms with Crippen LogP contribution in [0.1, 0.15) is 15.7 Å². The third-order valence-corrected chi connectivity index (χ3v) is 1.31. The van der Waals surface area contributed by atoms with Crippen molar-refractivity contribution in [2.24, 2.45) is 0 Å². The molecule has 1 heteroatoms. The summed E-state index contributed by atoms with van der Waals surface area (Å²) in [5.74, 6) is 0. The normalized spacial score (nSPS) is 16.0. The van der Waals surface area contributed by atoms with Crippen LogP contribution in [0, 0.1) is 0 Å². The van der Waals surface area contributed by atoms with Gasteiger partial charge in [0.05, 0.1) is 0 Å². The van der Waals surface area contributed by atoms with Gasteiger partial charge in [0.15, 0.2) is 0 Å². The van der Waals surface area contributed by atoms with Gasteiger partial charge in [0.2, 0.25) is 0 Å². The fraction of sp³-hybridized carbons (Fsp3) is 0.200. The Kier molecular flexibility index (Phi) is 8.88. The van der Waals surface area contributed by atoms with Crippen LogP contribution >= 0.6 is 0 Å². The summed E-state index contributed by atoms with van der Waals surface area (Å²) in [4.78, 5) is 0. The van der Waals surface area contributed by atoms with Crippen molar-refractivity contribution < 1.29 is 2.85 Å². The van der Waals surface area contributed by atoms with E-state index in [2.05, 4.69) is 48.6 Å². The number of hydrogen-bond acceptors (Lipinski definition) is 0. The summed E-state index contributed by atoms with van der Waals surface area (Å²) in [7, 11) is 0. The molecule has 2 rings (SSSR count). The molecule has 0 radical (unpaired) electrons. The minimum absolute atomic E-state index is 0. The number of allylic oxidation sites excluding steroid dienone is 8. The van der Waals surface area contributed by atoms with Crippen LogP contribution in [0.5, 0.6) is 0 Å². The van der Waals surface area contributed by atoms with Crippen molar-refractivity contribution in [1.82, 2.24) is 0 Å². The van der Waals surface area contributed by atoms with E-state index in [4.69, 9.17) is 0 Å². The molecule has 56 valence electrons. The molecule has 0 heterocycles. The molecule has 0 nitrogen and oxygen atoms in total. The molecule has 11 heavy (non-hydrogen) atoms. The van der Waals surface area contributed by atoms with Crippen LogP contribution in [0.15, 0.2) is 48.6 Å². The largest absolute Gasteiger partial charge is 2.00 e. The molecule has 0 unspecified atom stereocenters. The van der Waals surface area contributed by atoms with Gasteiger partial charge in [0, 0.05) is 0 Å². The Hall–Kier alpha value is 0.441. The Morgan fingerprint density at radius 1 is 0.636 bits per heavy atom. The molecule has 0 aromatic rings. The van der Waals surface area contributed by atoms with Gasteiger partial charge >= 0.3 is 45.5 Å². The molecule has 0 N–H and O–H groups in total. The van der Waals surface area contributed by atoms with Gasteiger partial charge in [-0.05, 0) is 12.8 Å². The third kappa shape index (κ3) is 6.82. The summed E-state index contributed by atoms with van der Waals surface area (Å²) in [6.07, 6.45) is 19.0. The molecule has 0 bridgehead atoms. The fourth-order valence-electron chi connectivity index (χ4n) is 0.786. The summed E-state index contributed by atoms with van der Waals surface area (Å²) in [6.45, 7) is 0. The summed E-state index contributed by atoms with van der Waals surface area (Å²) >= 11 is 0. The first-order chi connectivity index (χ1) is 5.00. The quantitative estimate of drug-likeness (QED) is 0.552. The Morgan fingerprint density at radius 2 is 0.909 bits per heavy atom. The van der Waals surface area contributed by atoms with Crippen molar-refractivity contribution in [1.29, 1.82) is 0 Å². The molecular weight excluding hydrogens is 208 g/mol. The van der Waals surface area contributed by atoms with E-state index >= 15 is 0 Å². The molecule has 0 atom stereocenters. The first-order valence-electron chi connectivity index (χ1n) is 3.63. The van der Waals surface area contributed by atoms with E-state index in [1.165, 1.54) is 0 Å².